The van der Waals surface area contributed by atoms with Crippen LogP contribution in [0.5, 0.6) is 0 Å². The molecule has 3 rings (SSSR count). The Morgan fingerprint density at radius 1 is 1.21 bits per heavy atom. The van der Waals surface area contributed by atoms with Crippen LogP contribution in [0.4, 0.5) is 0 Å². The second-order valence-corrected chi connectivity index (χ2v) is 5.51. The van der Waals surface area contributed by atoms with Gasteiger partial charge < -0.3 is 10.6 Å². The fraction of sp³-hybridized carbons (Fsp3) is 0.562. The topological polar surface area (TPSA) is 36.4 Å². The van der Waals surface area contributed by atoms with E-state index in [-0.39, 0.29) is 0 Å². The minimum atomic E-state index is 0.766. The van der Waals surface area contributed by atoms with E-state index in [2.05, 4.69) is 48.7 Å². The highest BCUT2D eigenvalue weighted by atomic mass is 15.2. The van der Waals surface area contributed by atoms with Crippen molar-refractivity contribution in [3.63, 3.8) is 0 Å². The molecule has 3 nitrogen and oxygen atoms in total. The largest absolute Gasteiger partial charge is 0.357 e. The van der Waals surface area contributed by atoms with Gasteiger partial charge in [-0.05, 0) is 49.1 Å². The van der Waals surface area contributed by atoms with Crippen LogP contribution >= 0.6 is 0 Å². The number of rotatable bonds is 4. The molecule has 3 unspecified atom stereocenters. The van der Waals surface area contributed by atoms with Crippen molar-refractivity contribution >= 4 is 5.96 Å². The van der Waals surface area contributed by atoms with E-state index in [4.69, 9.17) is 4.99 Å². The van der Waals surface area contributed by atoms with Crippen molar-refractivity contribution in [2.24, 2.45) is 16.8 Å². The third-order valence-corrected chi connectivity index (χ3v) is 4.35. The van der Waals surface area contributed by atoms with Gasteiger partial charge in [-0.1, -0.05) is 24.3 Å². The van der Waals surface area contributed by atoms with Crippen molar-refractivity contribution < 1.29 is 0 Å². The molecule has 2 aliphatic carbocycles. The Hall–Kier alpha value is -1.51. The van der Waals surface area contributed by atoms with Gasteiger partial charge in [-0.15, -0.1) is 0 Å². The van der Waals surface area contributed by atoms with E-state index < -0.39 is 0 Å². The zero-order valence-corrected chi connectivity index (χ0v) is 11.8. The molecule has 1 aromatic rings. The van der Waals surface area contributed by atoms with Crippen molar-refractivity contribution in [3.8, 4) is 0 Å². The standard InChI is InChI=1S/C16H23N3/c1-3-17-16(18-4-2)19-10-14-13-9-11-7-5-6-8-12(11)15(13)14/h5-8,13-15H,3-4,9-10H2,1-2H3,(H2,17,18,19). The van der Waals surface area contributed by atoms with Crippen molar-refractivity contribution in [3.05, 3.63) is 35.4 Å². The molecule has 2 aliphatic rings. The van der Waals surface area contributed by atoms with Crippen LogP contribution in [0.2, 0.25) is 0 Å². The van der Waals surface area contributed by atoms with E-state index in [0.29, 0.717) is 0 Å². The second-order valence-electron chi connectivity index (χ2n) is 5.51. The SMILES string of the molecule is CCNC(=NCC1C2Cc3ccccc3C12)NCC. The van der Waals surface area contributed by atoms with Crippen molar-refractivity contribution in [1.82, 2.24) is 10.6 Å². The molecule has 3 atom stereocenters. The van der Waals surface area contributed by atoms with Crippen LogP contribution in [-0.4, -0.2) is 25.6 Å². The monoisotopic (exact) mass is 257 g/mol. The summed E-state index contributed by atoms with van der Waals surface area (Å²) in [5.74, 6) is 3.36. The first kappa shape index (κ1) is 12.5. The predicted molar refractivity (Wildman–Crippen MR) is 79.5 cm³/mol. The number of hydrogen-bond acceptors (Lipinski definition) is 1. The molecule has 0 saturated heterocycles. The third-order valence-electron chi connectivity index (χ3n) is 4.35. The van der Waals surface area contributed by atoms with Crippen molar-refractivity contribution in [2.75, 3.05) is 19.6 Å². The molecule has 0 radical (unpaired) electrons. The Labute approximate surface area is 115 Å². The maximum absolute atomic E-state index is 4.72. The van der Waals surface area contributed by atoms with Gasteiger partial charge in [0.2, 0.25) is 0 Å². The van der Waals surface area contributed by atoms with E-state index in [1.807, 2.05) is 0 Å². The van der Waals surface area contributed by atoms with Gasteiger partial charge in [-0.2, -0.15) is 0 Å². The third kappa shape index (κ3) is 2.34. The molecular formula is C16H23N3. The Morgan fingerprint density at radius 3 is 2.68 bits per heavy atom. The molecular weight excluding hydrogens is 234 g/mol. The summed E-state index contributed by atoms with van der Waals surface area (Å²) in [6.45, 7) is 7.02. The molecule has 1 aromatic carbocycles. The molecule has 1 saturated carbocycles. The van der Waals surface area contributed by atoms with Gasteiger partial charge in [0.1, 0.15) is 0 Å². The van der Waals surface area contributed by atoms with Crippen molar-refractivity contribution in [2.45, 2.75) is 26.2 Å². The number of benzene rings is 1. The molecule has 2 N–H and O–H groups in total. The van der Waals surface area contributed by atoms with E-state index in [1.54, 1.807) is 11.1 Å². The van der Waals surface area contributed by atoms with Crippen LogP contribution in [0.25, 0.3) is 0 Å². The maximum atomic E-state index is 4.72. The molecule has 0 aromatic heterocycles. The summed E-state index contributed by atoms with van der Waals surface area (Å²) in [5.41, 5.74) is 3.15. The summed E-state index contributed by atoms with van der Waals surface area (Å²) in [6.07, 6.45) is 1.26. The smallest absolute Gasteiger partial charge is 0.191 e. The predicted octanol–water partition coefficient (Wildman–Crippen LogP) is 2.15. The second kappa shape index (κ2) is 5.24. The lowest BCUT2D eigenvalue weighted by Gasteiger charge is -2.10. The van der Waals surface area contributed by atoms with Crippen LogP contribution < -0.4 is 10.6 Å². The number of fused-ring (bicyclic) bond motifs is 3. The van der Waals surface area contributed by atoms with Gasteiger partial charge in [0, 0.05) is 19.6 Å². The highest BCUT2D eigenvalue weighted by Gasteiger charge is 2.54. The van der Waals surface area contributed by atoms with Gasteiger partial charge in [0.15, 0.2) is 5.96 Å². The summed E-state index contributed by atoms with van der Waals surface area (Å²) in [5, 5.41) is 6.58. The highest BCUT2D eigenvalue weighted by Crippen LogP contribution is 2.61. The average molecular weight is 257 g/mol. The molecule has 0 spiro atoms. The summed E-state index contributed by atoms with van der Waals surface area (Å²) in [4.78, 5) is 4.72. The Kier molecular flexibility index (Phi) is 3.45. The minimum Gasteiger partial charge on any atom is -0.357 e. The molecule has 3 heteroatoms. The van der Waals surface area contributed by atoms with Crippen LogP contribution in [0.1, 0.15) is 30.9 Å². The molecule has 102 valence electrons. The molecule has 19 heavy (non-hydrogen) atoms. The highest BCUT2D eigenvalue weighted by molar-refractivity contribution is 5.79. The zero-order valence-electron chi connectivity index (χ0n) is 11.8. The lowest BCUT2D eigenvalue weighted by Crippen LogP contribution is -2.37. The van der Waals surface area contributed by atoms with Gasteiger partial charge in [-0.25, -0.2) is 0 Å². The van der Waals surface area contributed by atoms with Crippen LogP contribution in [0.15, 0.2) is 29.3 Å². The number of hydrogen-bond donors (Lipinski definition) is 2. The molecule has 0 heterocycles. The lowest BCUT2D eigenvalue weighted by atomic mass is 10.0. The number of guanidine groups is 1. The zero-order chi connectivity index (χ0) is 13.2. The Morgan fingerprint density at radius 2 is 1.95 bits per heavy atom. The number of aliphatic imine (C=N–C) groups is 1. The average Bonchev–Trinajstić information content (AvgIpc) is 2.95. The van der Waals surface area contributed by atoms with Gasteiger partial charge in [-0.3, -0.25) is 4.99 Å². The summed E-state index contributed by atoms with van der Waals surface area (Å²) in [7, 11) is 0. The van der Waals surface area contributed by atoms with Gasteiger partial charge in [0.25, 0.3) is 0 Å². The molecule has 0 bridgehead atoms. The quantitative estimate of drug-likeness (QED) is 0.640. The first-order valence-corrected chi connectivity index (χ1v) is 7.45. The van der Waals surface area contributed by atoms with E-state index in [0.717, 1.165) is 43.3 Å². The number of nitrogens with zero attached hydrogens (tertiary/aromatic N) is 1. The van der Waals surface area contributed by atoms with Crippen LogP contribution in [0.3, 0.4) is 0 Å². The first-order chi connectivity index (χ1) is 9.35. The van der Waals surface area contributed by atoms with E-state index in [1.165, 1.54) is 6.42 Å². The number of nitrogens with one attached hydrogen (secondary N) is 2. The normalized spacial score (nSPS) is 26.3. The maximum Gasteiger partial charge on any atom is 0.191 e. The minimum absolute atomic E-state index is 0.766. The first-order valence-electron chi connectivity index (χ1n) is 7.45. The Bertz CT molecular complexity index is 473. The summed E-state index contributed by atoms with van der Waals surface area (Å²) < 4.78 is 0. The fourth-order valence-corrected chi connectivity index (χ4v) is 3.44. The summed E-state index contributed by atoms with van der Waals surface area (Å²) >= 11 is 0. The van der Waals surface area contributed by atoms with Crippen LogP contribution in [0, 0.1) is 11.8 Å². The van der Waals surface area contributed by atoms with Gasteiger partial charge >= 0.3 is 0 Å². The van der Waals surface area contributed by atoms with E-state index >= 15 is 0 Å². The summed E-state index contributed by atoms with van der Waals surface area (Å²) in [6, 6.07) is 8.91. The van der Waals surface area contributed by atoms with Gasteiger partial charge in [0.05, 0.1) is 0 Å². The molecule has 1 fully saturated rings. The van der Waals surface area contributed by atoms with Crippen molar-refractivity contribution in [1.29, 1.82) is 0 Å². The van der Waals surface area contributed by atoms with E-state index in [9.17, 15) is 0 Å². The molecule has 0 aliphatic heterocycles. The lowest BCUT2D eigenvalue weighted by molar-refractivity contribution is 0.693. The Balaban J connectivity index is 1.61. The molecule has 0 amide bonds. The fourth-order valence-electron chi connectivity index (χ4n) is 3.44. The van der Waals surface area contributed by atoms with Crippen LogP contribution in [-0.2, 0) is 6.42 Å².